The van der Waals surface area contributed by atoms with Gasteiger partial charge in [-0.25, -0.2) is 0 Å². The normalized spacial score (nSPS) is 13.9. The van der Waals surface area contributed by atoms with Crippen molar-refractivity contribution in [2.45, 2.75) is 12.5 Å². The molecule has 0 saturated heterocycles. The van der Waals surface area contributed by atoms with Crippen molar-refractivity contribution < 1.29 is 42.4 Å². The number of ketones is 1. The number of hydrogen-bond donors (Lipinski definition) is 0. The number of fused-ring (bicyclic) bond motifs is 2. The molecule has 0 amide bonds. The van der Waals surface area contributed by atoms with Gasteiger partial charge < -0.3 is 37.6 Å². The third kappa shape index (κ3) is 5.58. The summed E-state index contributed by atoms with van der Waals surface area (Å²) in [5, 5.41) is 0.317. The largest absolute Gasteiger partial charge is 0.496 e. The van der Waals surface area contributed by atoms with E-state index >= 15 is 0 Å². The van der Waals surface area contributed by atoms with Gasteiger partial charge in [-0.1, -0.05) is 12.1 Å². The maximum atomic E-state index is 13.1. The van der Waals surface area contributed by atoms with E-state index in [1.165, 1.54) is 27.4 Å². The number of ether oxygens (including phenoxy) is 7. The summed E-state index contributed by atoms with van der Waals surface area (Å²) in [4.78, 5) is 26.1. The van der Waals surface area contributed by atoms with Crippen molar-refractivity contribution in [3.05, 3.63) is 94.1 Å². The summed E-state index contributed by atoms with van der Waals surface area (Å²) >= 11 is 0. The summed E-state index contributed by atoms with van der Waals surface area (Å²) < 4.78 is 45.5. The lowest BCUT2D eigenvalue weighted by atomic mass is 9.95. The van der Waals surface area contributed by atoms with E-state index in [1.807, 2.05) is 12.1 Å². The van der Waals surface area contributed by atoms with Crippen molar-refractivity contribution in [1.29, 1.82) is 0 Å². The molecule has 10 heteroatoms. The van der Waals surface area contributed by atoms with Crippen LogP contribution in [0.5, 0.6) is 46.0 Å². The molecule has 0 N–H and O–H groups in total. The van der Waals surface area contributed by atoms with Gasteiger partial charge in [-0.15, -0.1) is 0 Å². The number of hydrogen-bond acceptors (Lipinski definition) is 10. The van der Waals surface area contributed by atoms with Crippen LogP contribution in [-0.2, 0) is 0 Å². The van der Waals surface area contributed by atoms with Gasteiger partial charge in [0.05, 0.1) is 42.0 Å². The predicted octanol–water partition coefficient (Wildman–Crippen LogP) is 7.00. The van der Waals surface area contributed by atoms with Crippen LogP contribution < -0.4 is 38.6 Å². The van der Waals surface area contributed by atoms with Crippen molar-refractivity contribution >= 4 is 16.8 Å². The van der Waals surface area contributed by atoms with Crippen molar-refractivity contribution in [2.24, 2.45) is 0 Å². The van der Waals surface area contributed by atoms with Gasteiger partial charge in [0, 0.05) is 35.9 Å². The van der Waals surface area contributed by atoms with Gasteiger partial charge in [0.15, 0.2) is 22.7 Å². The van der Waals surface area contributed by atoms with E-state index in [4.69, 9.17) is 37.6 Å². The molecule has 0 radical (unpaired) electrons. The summed E-state index contributed by atoms with van der Waals surface area (Å²) in [7, 11) is 7.59. The van der Waals surface area contributed by atoms with Crippen LogP contribution in [0.2, 0.25) is 0 Å². The highest BCUT2D eigenvalue weighted by Gasteiger charge is 2.31. The quantitative estimate of drug-likeness (QED) is 0.173. The van der Waals surface area contributed by atoms with E-state index < -0.39 is 6.10 Å². The molecule has 5 aromatic rings. The van der Waals surface area contributed by atoms with E-state index in [0.717, 1.165) is 5.56 Å². The molecule has 6 rings (SSSR count). The Morgan fingerprint density at radius 2 is 1.33 bits per heavy atom. The summed E-state index contributed by atoms with van der Waals surface area (Å²) in [5.41, 5.74) is 1.87. The van der Waals surface area contributed by atoms with Gasteiger partial charge in [0.25, 0.3) is 0 Å². The fourth-order valence-corrected chi connectivity index (χ4v) is 5.30. The third-order valence-electron chi connectivity index (χ3n) is 7.57. The number of benzene rings is 4. The summed E-state index contributed by atoms with van der Waals surface area (Å²) in [6.07, 6.45) is -0.345. The lowest BCUT2D eigenvalue weighted by molar-refractivity contribution is 0.0844. The number of methoxy groups -OCH3 is 5. The molecule has 0 bridgehead atoms. The maximum Gasteiger partial charge on any atom is 0.197 e. The topological polar surface area (TPSA) is 112 Å². The third-order valence-corrected chi connectivity index (χ3v) is 7.57. The zero-order valence-corrected chi connectivity index (χ0v) is 25.3. The molecule has 1 atom stereocenters. The second-order valence-electron chi connectivity index (χ2n) is 10.2. The first-order chi connectivity index (χ1) is 21.8. The molecule has 0 saturated carbocycles. The molecule has 0 aliphatic carbocycles. The minimum Gasteiger partial charge on any atom is -0.496 e. The van der Waals surface area contributed by atoms with Crippen LogP contribution in [0.3, 0.4) is 0 Å². The van der Waals surface area contributed by atoms with Gasteiger partial charge in [-0.2, -0.15) is 0 Å². The number of rotatable bonds is 9. The first-order valence-corrected chi connectivity index (χ1v) is 14.0. The second kappa shape index (κ2) is 12.2. The fourth-order valence-electron chi connectivity index (χ4n) is 5.30. The Bertz CT molecular complexity index is 1960. The average Bonchev–Trinajstić information content (AvgIpc) is 3.07. The SMILES string of the molecule is COc1cc(OC)c2c(c1)OC(c1ccc(Oc3cc(-c4cc(=O)c5c(OC)cc(OC)cc5o4)ccc3OC)cc1)CC2=O. The van der Waals surface area contributed by atoms with Crippen LogP contribution in [0, 0.1) is 0 Å². The molecule has 1 aromatic heterocycles. The predicted molar refractivity (Wildman–Crippen MR) is 166 cm³/mol. The first-order valence-electron chi connectivity index (χ1n) is 14.0. The minimum absolute atomic E-state index is 0.0835. The molecule has 10 nitrogen and oxygen atoms in total. The van der Waals surface area contributed by atoms with Crippen LogP contribution in [0.4, 0.5) is 0 Å². The Balaban J connectivity index is 1.28. The van der Waals surface area contributed by atoms with Gasteiger partial charge in [-0.05, 0) is 35.9 Å². The molecule has 230 valence electrons. The van der Waals surface area contributed by atoms with Gasteiger partial charge in [0.2, 0.25) is 0 Å². The van der Waals surface area contributed by atoms with E-state index in [1.54, 1.807) is 68.8 Å². The molecular weight excluding hydrogens is 580 g/mol. The number of Topliss-reactive ketones (excluding diaryl/α,β-unsaturated/α-hetero) is 1. The first kappa shape index (κ1) is 29.4. The Labute approximate surface area is 258 Å². The Morgan fingerprint density at radius 3 is 2.02 bits per heavy atom. The lowest BCUT2D eigenvalue weighted by Gasteiger charge is -2.27. The fraction of sp³-hybridized carbons (Fsp3) is 0.200. The van der Waals surface area contributed by atoms with E-state index in [-0.39, 0.29) is 17.6 Å². The number of carbonyl (C=O) groups is 1. The van der Waals surface area contributed by atoms with Crippen LogP contribution >= 0.6 is 0 Å². The van der Waals surface area contributed by atoms with E-state index in [0.29, 0.717) is 73.9 Å². The molecule has 0 fully saturated rings. The lowest BCUT2D eigenvalue weighted by Crippen LogP contribution is -2.21. The number of carbonyl (C=O) groups excluding carboxylic acids is 1. The molecule has 1 aliphatic heterocycles. The van der Waals surface area contributed by atoms with Crippen molar-refractivity contribution in [2.75, 3.05) is 35.5 Å². The standard InChI is InChI=1S/C35H30O10/c1-38-22-13-30(41-4)34-24(36)17-27(44-32(34)15-22)19-6-9-21(10-7-19)43-29-12-20(8-11-26(29)40-3)28-18-25(37)35-31(42-5)14-23(39-2)16-33(35)45-28/h6-16,18,27H,17H2,1-5H3. The molecule has 45 heavy (non-hydrogen) atoms. The van der Waals surface area contributed by atoms with Gasteiger partial charge in [0.1, 0.15) is 62.9 Å². The van der Waals surface area contributed by atoms with Gasteiger partial charge >= 0.3 is 0 Å². The van der Waals surface area contributed by atoms with Crippen molar-refractivity contribution in [3.8, 4) is 57.3 Å². The molecule has 0 spiro atoms. The van der Waals surface area contributed by atoms with E-state index in [2.05, 4.69) is 0 Å². The van der Waals surface area contributed by atoms with Crippen LogP contribution in [0.15, 0.2) is 82.0 Å². The monoisotopic (exact) mass is 610 g/mol. The Kier molecular flexibility index (Phi) is 7.95. The summed E-state index contributed by atoms with van der Waals surface area (Å²) in [6, 6.07) is 20.5. The summed E-state index contributed by atoms with van der Waals surface area (Å²) in [6.45, 7) is 0. The highest BCUT2D eigenvalue weighted by Crippen LogP contribution is 2.43. The van der Waals surface area contributed by atoms with Crippen LogP contribution in [0.25, 0.3) is 22.3 Å². The van der Waals surface area contributed by atoms with Crippen molar-refractivity contribution in [3.63, 3.8) is 0 Å². The van der Waals surface area contributed by atoms with Gasteiger partial charge in [-0.3, -0.25) is 9.59 Å². The van der Waals surface area contributed by atoms with Crippen molar-refractivity contribution in [1.82, 2.24) is 0 Å². The molecule has 4 aromatic carbocycles. The molecule has 1 aliphatic rings. The van der Waals surface area contributed by atoms with Crippen LogP contribution in [-0.4, -0.2) is 41.3 Å². The molecular formula is C35H30O10. The zero-order valence-electron chi connectivity index (χ0n) is 25.3. The summed E-state index contributed by atoms with van der Waals surface area (Å²) in [5.74, 6) is 3.86. The average molecular weight is 611 g/mol. The zero-order chi connectivity index (χ0) is 31.7. The Hall–Kier alpha value is -5.64. The second-order valence-corrected chi connectivity index (χ2v) is 10.2. The van der Waals surface area contributed by atoms with Crippen LogP contribution in [0.1, 0.15) is 28.4 Å². The Morgan fingerprint density at radius 1 is 0.644 bits per heavy atom. The highest BCUT2D eigenvalue weighted by atomic mass is 16.5. The van der Waals surface area contributed by atoms with E-state index in [9.17, 15) is 9.59 Å². The maximum absolute atomic E-state index is 13.1. The highest BCUT2D eigenvalue weighted by molar-refractivity contribution is 6.03. The molecule has 2 heterocycles. The smallest absolute Gasteiger partial charge is 0.197 e. The molecule has 1 unspecified atom stereocenters. The minimum atomic E-state index is -0.498.